The molecule has 3 aliphatic carbocycles. The van der Waals surface area contributed by atoms with Crippen LogP contribution in [0, 0.1) is 17.2 Å². The molecular formula is C24H26ClFN2O4. The molecular weight excluding hydrogens is 435 g/mol. The molecule has 170 valence electrons. The van der Waals surface area contributed by atoms with Crippen LogP contribution in [0.3, 0.4) is 0 Å². The Balaban J connectivity index is 1.23. The van der Waals surface area contributed by atoms with Gasteiger partial charge in [0.15, 0.2) is 6.61 Å². The maximum absolute atomic E-state index is 13.5. The molecule has 32 heavy (non-hydrogen) atoms. The highest BCUT2D eigenvalue weighted by molar-refractivity contribution is 6.30. The third-order valence-corrected chi connectivity index (χ3v) is 6.57. The van der Waals surface area contributed by atoms with E-state index < -0.39 is 11.2 Å². The second-order valence-corrected chi connectivity index (χ2v) is 8.86. The van der Waals surface area contributed by atoms with Gasteiger partial charge in [0.2, 0.25) is 5.91 Å². The van der Waals surface area contributed by atoms with Crippen LogP contribution in [0.1, 0.15) is 31.7 Å². The summed E-state index contributed by atoms with van der Waals surface area (Å²) in [4.78, 5) is 25.1. The number of carbonyl (C=O) groups is 2. The number of ether oxygens (including phenoxy) is 2. The van der Waals surface area contributed by atoms with Gasteiger partial charge < -0.3 is 20.1 Å². The number of halogens is 2. The highest BCUT2D eigenvalue weighted by Crippen LogP contribution is 2.58. The van der Waals surface area contributed by atoms with E-state index in [9.17, 15) is 14.0 Å². The Morgan fingerprint density at radius 1 is 1.09 bits per heavy atom. The van der Waals surface area contributed by atoms with Gasteiger partial charge in [-0.2, -0.15) is 0 Å². The van der Waals surface area contributed by atoms with E-state index in [1.54, 1.807) is 0 Å². The van der Waals surface area contributed by atoms with E-state index >= 15 is 0 Å². The molecule has 0 unspecified atom stereocenters. The Kier molecular flexibility index (Phi) is 6.55. The van der Waals surface area contributed by atoms with Crippen LogP contribution in [0.4, 0.5) is 4.39 Å². The van der Waals surface area contributed by atoms with Crippen LogP contribution in [0.15, 0.2) is 42.5 Å². The van der Waals surface area contributed by atoms with Gasteiger partial charge in [-0.25, -0.2) is 4.39 Å². The molecule has 0 heterocycles. The fraction of sp³-hybridized carbons (Fsp3) is 0.417. The van der Waals surface area contributed by atoms with Crippen molar-refractivity contribution in [2.75, 3.05) is 13.2 Å². The molecule has 2 N–H and O–H groups in total. The maximum atomic E-state index is 13.5. The molecule has 3 saturated carbocycles. The summed E-state index contributed by atoms with van der Waals surface area (Å²) in [6, 6.07) is 11.7. The molecule has 1 atom stereocenters. The van der Waals surface area contributed by atoms with E-state index in [1.165, 1.54) is 12.1 Å². The minimum absolute atomic E-state index is 0.00127. The maximum Gasteiger partial charge on any atom is 0.258 e. The average molecular weight is 461 g/mol. The highest BCUT2D eigenvalue weighted by atomic mass is 35.5. The lowest BCUT2D eigenvalue weighted by atomic mass is 9.69. The molecule has 0 aromatic heterocycles. The second-order valence-electron chi connectivity index (χ2n) is 8.45. The molecule has 0 saturated heterocycles. The van der Waals surface area contributed by atoms with Gasteiger partial charge in [0.05, 0.1) is 17.0 Å². The van der Waals surface area contributed by atoms with Crippen LogP contribution in [0.2, 0.25) is 5.02 Å². The highest BCUT2D eigenvalue weighted by Gasteiger charge is 2.60. The summed E-state index contributed by atoms with van der Waals surface area (Å²) >= 11 is 5.64. The number of benzene rings is 2. The third-order valence-electron chi connectivity index (χ3n) is 6.26. The van der Waals surface area contributed by atoms with Gasteiger partial charge in [0.25, 0.3) is 5.91 Å². The topological polar surface area (TPSA) is 76.7 Å². The van der Waals surface area contributed by atoms with Crippen LogP contribution in [0.25, 0.3) is 0 Å². The van der Waals surface area contributed by atoms with Crippen molar-refractivity contribution in [2.45, 2.75) is 38.8 Å². The summed E-state index contributed by atoms with van der Waals surface area (Å²) in [6.07, 6.45) is 2.17. The Labute approximate surface area is 191 Å². The molecule has 3 aliphatic rings. The second kappa shape index (κ2) is 9.36. The number of carbonyl (C=O) groups excluding carboxylic acids is 2. The lowest BCUT2D eigenvalue weighted by Gasteiger charge is -2.36. The fourth-order valence-electron chi connectivity index (χ4n) is 4.63. The summed E-state index contributed by atoms with van der Waals surface area (Å²) in [5.41, 5.74) is 0.598. The summed E-state index contributed by atoms with van der Waals surface area (Å²) in [5, 5.41) is 6.00. The number of rotatable bonds is 9. The predicted molar refractivity (Wildman–Crippen MR) is 118 cm³/mol. The first-order valence-electron chi connectivity index (χ1n) is 10.8. The number of amides is 2. The van der Waals surface area contributed by atoms with Crippen molar-refractivity contribution in [3.63, 3.8) is 0 Å². The molecule has 0 spiro atoms. The SMILES string of the molecule is CCOc1ccc(CNC(=O)C23CC(C2)[C@@H](NC(=O)COc2ccc(Cl)c(F)c2)C3)cc1. The van der Waals surface area contributed by atoms with Crippen molar-refractivity contribution in [3.8, 4) is 11.5 Å². The van der Waals surface area contributed by atoms with Crippen LogP contribution in [-0.4, -0.2) is 31.1 Å². The monoisotopic (exact) mass is 460 g/mol. The molecule has 6 nitrogen and oxygen atoms in total. The number of hydrogen-bond acceptors (Lipinski definition) is 4. The van der Waals surface area contributed by atoms with Crippen LogP contribution < -0.4 is 20.1 Å². The predicted octanol–water partition coefficient (Wildman–Crippen LogP) is 3.86. The van der Waals surface area contributed by atoms with Gasteiger partial charge in [0.1, 0.15) is 17.3 Å². The van der Waals surface area contributed by atoms with E-state index in [2.05, 4.69) is 10.6 Å². The van der Waals surface area contributed by atoms with Crippen molar-refractivity contribution in [1.29, 1.82) is 0 Å². The van der Waals surface area contributed by atoms with E-state index in [0.717, 1.165) is 30.2 Å². The molecule has 5 rings (SSSR count). The van der Waals surface area contributed by atoms with E-state index in [-0.39, 0.29) is 35.2 Å². The standard InChI is InChI=1S/C24H26ClFN2O4/c1-2-31-17-5-3-15(4-6-17)13-27-23(30)24-10-16(11-24)21(12-24)28-22(29)14-32-18-7-8-19(25)20(26)9-18/h3-9,16,21H,2,10-14H2,1H3,(H,27,30)(H,28,29)/t16?,21-,24?/m0/s1. The summed E-state index contributed by atoms with van der Waals surface area (Å²) in [5.74, 6) is 0.489. The Hall–Kier alpha value is -2.80. The Morgan fingerprint density at radius 2 is 1.81 bits per heavy atom. The van der Waals surface area contributed by atoms with Gasteiger partial charge in [-0.05, 0) is 61.9 Å². The lowest BCUT2D eigenvalue weighted by molar-refractivity contribution is -0.135. The van der Waals surface area contributed by atoms with Crippen molar-refractivity contribution >= 4 is 23.4 Å². The van der Waals surface area contributed by atoms with Gasteiger partial charge in [0, 0.05) is 18.7 Å². The first kappa shape index (κ1) is 22.4. The fourth-order valence-corrected chi connectivity index (χ4v) is 4.75. The molecule has 2 amide bonds. The third kappa shape index (κ3) is 4.83. The average Bonchev–Trinajstić information content (AvgIpc) is 3.29. The van der Waals surface area contributed by atoms with Crippen LogP contribution in [0.5, 0.6) is 11.5 Å². The zero-order valence-electron chi connectivity index (χ0n) is 17.8. The molecule has 0 aliphatic heterocycles. The normalized spacial score (nSPS) is 23.2. The smallest absolute Gasteiger partial charge is 0.258 e. The molecule has 8 heteroatoms. The molecule has 2 bridgehead atoms. The number of hydrogen-bond donors (Lipinski definition) is 2. The molecule has 0 radical (unpaired) electrons. The number of fused-ring (bicyclic) bond motifs is 1. The van der Waals surface area contributed by atoms with Crippen LogP contribution in [-0.2, 0) is 16.1 Å². The number of nitrogens with one attached hydrogen (secondary N) is 2. The summed E-state index contributed by atoms with van der Waals surface area (Å²) < 4.78 is 24.3. The minimum atomic E-state index is -0.598. The van der Waals surface area contributed by atoms with Crippen molar-refractivity contribution in [3.05, 3.63) is 58.9 Å². The van der Waals surface area contributed by atoms with Gasteiger partial charge in [-0.3, -0.25) is 9.59 Å². The van der Waals surface area contributed by atoms with Crippen molar-refractivity contribution in [1.82, 2.24) is 10.6 Å². The summed E-state index contributed by atoms with van der Waals surface area (Å²) in [7, 11) is 0. The molecule has 2 aromatic rings. The largest absolute Gasteiger partial charge is 0.494 e. The Morgan fingerprint density at radius 3 is 2.50 bits per heavy atom. The van der Waals surface area contributed by atoms with Crippen molar-refractivity contribution in [2.24, 2.45) is 11.3 Å². The van der Waals surface area contributed by atoms with E-state index in [4.69, 9.17) is 21.1 Å². The lowest BCUT2D eigenvalue weighted by Crippen LogP contribution is -2.44. The van der Waals surface area contributed by atoms with Gasteiger partial charge in [-0.1, -0.05) is 23.7 Å². The molecule has 2 aromatic carbocycles. The summed E-state index contributed by atoms with van der Waals surface area (Å²) in [6.45, 7) is 2.79. The first-order chi connectivity index (χ1) is 15.4. The minimum Gasteiger partial charge on any atom is -0.494 e. The quantitative estimate of drug-likeness (QED) is 0.595. The van der Waals surface area contributed by atoms with Crippen LogP contribution >= 0.6 is 11.6 Å². The zero-order chi connectivity index (χ0) is 22.7. The Bertz CT molecular complexity index is 992. The van der Waals surface area contributed by atoms with E-state index in [1.807, 2.05) is 31.2 Å². The van der Waals surface area contributed by atoms with E-state index in [0.29, 0.717) is 25.5 Å². The van der Waals surface area contributed by atoms with Gasteiger partial charge >= 0.3 is 0 Å². The molecule has 3 fully saturated rings. The van der Waals surface area contributed by atoms with Gasteiger partial charge in [-0.15, -0.1) is 0 Å². The zero-order valence-corrected chi connectivity index (χ0v) is 18.6. The van der Waals surface area contributed by atoms with Crippen molar-refractivity contribution < 1.29 is 23.5 Å². The first-order valence-corrected chi connectivity index (χ1v) is 11.1.